The van der Waals surface area contributed by atoms with E-state index >= 15 is 0 Å². The van der Waals surface area contributed by atoms with Gasteiger partial charge >= 0.3 is 0 Å². The van der Waals surface area contributed by atoms with Crippen LogP contribution in [0.15, 0.2) is 47.5 Å². The van der Waals surface area contributed by atoms with Crippen LogP contribution in [0.4, 0.5) is 10.1 Å². The number of anilines is 1. The molecule has 2 aromatic carbocycles. The highest BCUT2D eigenvalue weighted by Gasteiger charge is 2.07. The van der Waals surface area contributed by atoms with Gasteiger partial charge in [-0.1, -0.05) is 18.2 Å². The Morgan fingerprint density at radius 1 is 1.15 bits per heavy atom. The standard InChI is InChI=1S/C20H25FN4O2/c1-4-22-20(23-12-15-6-5-7-17(21)10-15)24-13-16-8-9-19(27-3)18(11-16)25-14(2)26/h5-11H,4,12-13H2,1-3H3,(H,25,26)(H2,22,23,24). The van der Waals surface area contributed by atoms with Crippen LogP contribution in [0, 0.1) is 5.82 Å². The van der Waals surface area contributed by atoms with Crippen LogP contribution in [-0.4, -0.2) is 25.5 Å². The number of hydrogen-bond acceptors (Lipinski definition) is 3. The van der Waals surface area contributed by atoms with E-state index in [9.17, 15) is 9.18 Å². The van der Waals surface area contributed by atoms with Crippen molar-refractivity contribution < 1.29 is 13.9 Å². The molecule has 7 heteroatoms. The molecule has 3 N–H and O–H groups in total. The second-order valence-corrected chi connectivity index (χ2v) is 5.89. The van der Waals surface area contributed by atoms with Crippen LogP contribution in [0.25, 0.3) is 0 Å². The Bertz CT molecular complexity index is 808. The minimum Gasteiger partial charge on any atom is -0.495 e. The van der Waals surface area contributed by atoms with Gasteiger partial charge in [-0.15, -0.1) is 0 Å². The Balaban J connectivity index is 2.06. The fourth-order valence-corrected chi connectivity index (χ4v) is 2.49. The smallest absolute Gasteiger partial charge is 0.221 e. The number of halogens is 1. The first-order valence-corrected chi connectivity index (χ1v) is 8.73. The highest BCUT2D eigenvalue weighted by molar-refractivity contribution is 5.90. The van der Waals surface area contributed by atoms with E-state index in [-0.39, 0.29) is 11.7 Å². The zero-order valence-corrected chi connectivity index (χ0v) is 15.8. The van der Waals surface area contributed by atoms with Gasteiger partial charge in [-0.3, -0.25) is 4.79 Å². The molecular formula is C20H25FN4O2. The number of rotatable bonds is 7. The fourth-order valence-electron chi connectivity index (χ4n) is 2.49. The van der Waals surface area contributed by atoms with E-state index in [0.717, 1.165) is 11.1 Å². The van der Waals surface area contributed by atoms with Gasteiger partial charge in [0.1, 0.15) is 11.6 Å². The maximum Gasteiger partial charge on any atom is 0.221 e. The first-order valence-electron chi connectivity index (χ1n) is 8.73. The van der Waals surface area contributed by atoms with Gasteiger partial charge in [0.05, 0.1) is 19.3 Å². The molecule has 2 rings (SSSR count). The summed E-state index contributed by atoms with van der Waals surface area (Å²) in [6, 6.07) is 11.9. The number of ether oxygens (including phenoxy) is 1. The predicted octanol–water partition coefficient (Wildman–Crippen LogP) is 3.05. The highest BCUT2D eigenvalue weighted by Crippen LogP contribution is 2.25. The molecule has 0 aliphatic heterocycles. The Morgan fingerprint density at radius 3 is 2.63 bits per heavy atom. The van der Waals surface area contributed by atoms with Crippen LogP contribution >= 0.6 is 0 Å². The summed E-state index contributed by atoms with van der Waals surface area (Å²) in [6.07, 6.45) is 0. The number of methoxy groups -OCH3 is 1. The van der Waals surface area contributed by atoms with Crippen molar-refractivity contribution >= 4 is 17.6 Å². The van der Waals surface area contributed by atoms with E-state index in [4.69, 9.17) is 4.74 Å². The molecule has 6 nitrogen and oxygen atoms in total. The first kappa shape index (κ1) is 20.2. The minimum atomic E-state index is -0.274. The number of hydrogen-bond donors (Lipinski definition) is 3. The zero-order valence-electron chi connectivity index (χ0n) is 15.8. The van der Waals surface area contributed by atoms with Crippen LogP contribution in [0.3, 0.4) is 0 Å². The van der Waals surface area contributed by atoms with Crippen molar-refractivity contribution in [1.29, 1.82) is 0 Å². The summed E-state index contributed by atoms with van der Waals surface area (Å²) in [6.45, 7) is 5.00. The molecule has 27 heavy (non-hydrogen) atoms. The number of amides is 1. The molecule has 0 aliphatic carbocycles. The molecule has 1 amide bonds. The highest BCUT2D eigenvalue weighted by atomic mass is 19.1. The molecule has 0 fully saturated rings. The molecule has 0 aromatic heterocycles. The van der Waals surface area contributed by atoms with Gasteiger partial charge in [0.2, 0.25) is 5.91 Å². The van der Waals surface area contributed by atoms with Crippen molar-refractivity contribution in [3.63, 3.8) is 0 Å². The number of nitrogens with zero attached hydrogens (tertiary/aromatic N) is 1. The van der Waals surface area contributed by atoms with E-state index in [1.165, 1.54) is 19.1 Å². The summed E-state index contributed by atoms with van der Waals surface area (Å²) in [5.41, 5.74) is 2.37. The molecule has 0 saturated heterocycles. The lowest BCUT2D eigenvalue weighted by Crippen LogP contribution is -2.36. The van der Waals surface area contributed by atoms with Crippen molar-refractivity contribution in [3.05, 3.63) is 59.4 Å². The predicted molar refractivity (Wildman–Crippen MR) is 105 cm³/mol. The third-order valence-corrected chi connectivity index (χ3v) is 3.69. The average molecular weight is 372 g/mol. The second kappa shape index (κ2) is 10.2. The normalized spacial score (nSPS) is 11.0. The molecule has 0 saturated carbocycles. The summed E-state index contributed by atoms with van der Waals surface area (Å²) in [7, 11) is 1.56. The maximum atomic E-state index is 13.3. The molecule has 0 radical (unpaired) electrons. The molecule has 0 spiro atoms. The van der Waals surface area contributed by atoms with Crippen molar-refractivity contribution in [2.45, 2.75) is 26.9 Å². The van der Waals surface area contributed by atoms with Crippen molar-refractivity contribution in [2.75, 3.05) is 19.0 Å². The second-order valence-electron chi connectivity index (χ2n) is 5.89. The largest absolute Gasteiger partial charge is 0.495 e. The molecule has 0 aliphatic rings. The first-order chi connectivity index (χ1) is 13.0. The summed E-state index contributed by atoms with van der Waals surface area (Å²) in [4.78, 5) is 15.8. The number of carbonyl (C=O) groups excluding carboxylic acids is 1. The van der Waals surface area contributed by atoms with Crippen LogP contribution in [0.2, 0.25) is 0 Å². The summed E-state index contributed by atoms with van der Waals surface area (Å²) in [5, 5.41) is 9.15. The quantitative estimate of drug-likeness (QED) is 0.516. The number of benzene rings is 2. The van der Waals surface area contributed by atoms with Gasteiger partial charge in [0, 0.05) is 20.0 Å². The third kappa shape index (κ3) is 6.62. The van der Waals surface area contributed by atoms with Crippen molar-refractivity contribution in [3.8, 4) is 5.75 Å². The van der Waals surface area contributed by atoms with E-state index in [1.54, 1.807) is 19.2 Å². The monoisotopic (exact) mass is 372 g/mol. The lowest BCUT2D eigenvalue weighted by Gasteiger charge is -2.14. The van der Waals surface area contributed by atoms with Gasteiger partial charge in [-0.25, -0.2) is 9.38 Å². The van der Waals surface area contributed by atoms with Gasteiger partial charge in [0.15, 0.2) is 5.96 Å². The van der Waals surface area contributed by atoms with Crippen LogP contribution < -0.4 is 20.7 Å². The number of aliphatic imine (C=N–C) groups is 1. The summed E-state index contributed by atoms with van der Waals surface area (Å²) < 4.78 is 18.5. The van der Waals surface area contributed by atoms with Crippen LogP contribution in [-0.2, 0) is 17.9 Å². The van der Waals surface area contributed by atoms with Crippen molar-refractivity contribution in [1.82, 2.24) is 10.6 Å². The summed E-state index contributed by atoms with van der Waals surface area (Å²) in [5.74, 6) is 0.784. The lowest BCUT2D eigenvalue weighted by atomic mass is 10.2. The minimum absolute atomic E-state index is 0.164. The Morgan fingerprint density at radius 2 is 1.96 bits per heavy atom. The fraction of sp³-hybridized carbons (Fsp3) is 0.300. The van der Waals surface area contributed by atoms with E-state index < -0.39 is 0 Å². The molecule has 0 atom stereocenters. The molecule has 144 valence electrons. The van der Waals surface area contributed by atoms with Crippen molar-refractivity contribution in [2.24, 2.45) is 4.99 Å². The Kier molecular flexibility index (Phi) is 7.61. The Labute approximate surface area is 158 Å². The molecular weight excluding hydrogens is 347 g/mol. The molecule has 0 bridgehead atoms. The summed E-state index contributed by atoms with van der Waals surface area (Å²) >= 11 is 0. The molecule has 0 heterocycles. The number of guanidine groups is 1. The van der Waals surface area contributed by atoms with E-state index in [0.29, 0.717) is 37.0 Å². The SMILES string of the molecule is CCNC(=NCc1cccc(F)c1)NCc1ccc(OC)c(NC(C)=O)c1. The van der Waals surface area contributed by atoms with Crippen LogP contribution in [0.1, 0.15) is 25.0 Å². The number of nitrogens with one attached hydrogen (secondary N) is 3. The maximum absolute atomic E-state index is 13.3. The molecule has 2 aromatic rings. The van der Waals surface area contributed by atoms with Crippen LogP contribution in [0.5, 0.6) is 5.75 Å². The molecule has 0 unspecified atom stereocenters. The Hall–Kier alpha value is -3.09. The van der Waals surface area contributed by atoms with Gasteiger partial charge in [0.25, 0.3) is 0 Å². The topological polar surface area (TPSA) is 74.8 Å². The number of carbonyl (C=O) groups is 1. The average Bonchev–Trinajstić information content (AvgIpc) is 2.64. The van der Waals surface area contributed by atoms with Gasteiger partial charge in [-0.05, 0) is 42.3 Å². The van der Waals surface area contributed by atoms with Gasteiger partial charge < -0.3 is 20.7 Å². The third-order valence-electron chi connectivity index (χ3n) is 3.69. The van der Waals surface area contributed by atoms with E-state index in [2.05, 4.69) is 20.9 Å². The van der Waals surface area contributed by atoms with Gasteiger partial charge in [-0.2, -0.15) is 0 Å². The lowest BCUT2D eigenvalue weighted by molar-refractivity contribution is -0.114. The zero-order chi connectivity index (χ0) is 19.6. The van der Waals surface area contributed by atoms with E-state index in [1.807, 2.05) is 25.1 Å².